The van der Waals surface area contributed by atoms with Crippen molar-refractivity contribution < 1.29 is 13.9 Å². The lowest BCUT2D eigenvalue weighted by Gasteiger charge is -2.17. The second-order valence-corrected chi connectivity index (χ2v) is 7.61. The van der Waals surface area contributed by atoms with Crippen LogP contribution in [0.25, 0.3) is 11.1 Å². The number of aryl methyl sites for hydroxylation is 1. The van der Waals surface area contributed by atoms with E-state index in [-0.39, 0.29) is 5.91 Å². The second kappa shape index (κ2) is 8.41. The molecule has 4 aromatic rings. The fourth-order valence-corrected chi connectivity index (χ4v) is 3.97. The Labute approximate surface area is 173 Å². The van der Waals surface area contributed by atoms with Crippen LogP contribution < -0.4 is 10.1 Å². The average Bonchev–Trinajstić information content (AvgIpc) is 3.15. The molecule has 29 heavy (non-hydrogen) atoms. The van der Waals surface area contributed by atoms with Crippen molar-refractivity contribution in [3.63, 3.8) is 0 Å². The SMILES string of the molecule is COc1ccc(C)cc1NC(=O)[C@@H](Sc1nc2ccccc2o1)c1ccccc1. The van der Waals surface area contributed by atoms with Gasteiger partial charge in [0.05, 0.1) is 12.8 Å². The third-order valence-corrected chi connectivity index (χ3v) is 5.54. The molecule has 1 aromatic heterocycles. The van der Waals surface area contributed by atoms with Crippen LogP contribution in [0.2, 0.25) is 0 Å². The van der Waals surface area contributed by atoms with Gasteiger partial charge in [0.2, 0.25) is 5.91 Å². The Hall–Kier alpha value is -3.25. The Morgan fingerprint density at radius 3 is 2.59 bits per heavy atom. The van der Waals surface area contributed by atoms with E-state index in [0.717, 1.165) is 16.6 Å². The zero-order valence-corrected chi connectivity index (χ0v) is 16.9. The number of hydrogen-bond acceptors (Lipinski definition) is 5. The number of carbonyl (C=O) groups excluding carboxylic acids is 1. The van der Waals surface area contributed by atoms with E-state index in [2.05, 4.69) is 10.3 Å². The summed E-state index contributed by atoms with van der Waals surface area (Å²) in [5, 5.41) is 2.92. The van der Waals surface area contributed by atoms with E-state index in [0.29, 0.717) is 22.2 Å². The number of rotatable bonds is 6. The maximum absolute atomic E-state index is 13.3. The third kappa shape index (κ3) is 4.27. The summed E-state index contributed by atoms with van der Waals surface area (Å²) in [4.78, 5) is 17.8. The number of amides is 1. The third-order valence-electron chi connectivity index (χ3n) is 4.45. The van der Waals surface area contributed by atoms with Crippen molar-refractivity contribution >= 4 is 34.5 Å². The fourth-order valence-electron chi connectivity index (χ4n) is 3.02. The van der Waals surface area contributed by atoms with Crippen molar-refractivity contribution in [1.82, 2.24) is 4.98 Å². The van der Waals surface area contributed by atoms with Crippen LogP contribution >= 0.6 is 11.8 Å². The Morgan fingerprint density at radius 1 is 1.07 bits per heavy atom. The molecule has 0 spiro atoms. The van der Waals surface area contributed by atoms with Crippen LogP contribution in [0, 0.1) is 6.92 Å². The molecule has 5 nitrogen and oxygen atoms in total. The molecule has 1 N–H and O–H groups in total. The van der Waals surface area contributed by atoms with E-state index >= 15 is 0 Å². The average molecular weight is 404 g/mol. The van der Waals surface area contributed by atoms with E-state index in [1.807, 2.05) is 79.7 Å². The molecule has 0 unspecified atom stereocenters. The molecule has 6 heteroatoms. The summed E-state index contributed by atoms with van der Waals surface area (Å²) in [6, 6.07) is 22.8. The highest BCUT2D eigenvalue weighted by molar-refractivity contribution is 8.00. The van der Waals surface area contributed by atoms with Gasteiger partial charge in [-0.05, 0) is 54.1 Å². The molecule has 0 aliphatic heterocycles. The Kier molecular flexibility index (Phi) is 5.53. The first-order valence-electron chi connectivity index (χ1n) is 9.17. The summed E-state index contributed by atoms with van der Waals surface area (Å²) in [5.41, 5.74) is 3.99. The molecule has 0 radical (unpaired) electrons. The molecule has 146 valence electrons. The van der Waals surface area contributed by atoms with E-state index in [1.54, 1.807) is 7.11 Å². The number of carbonyl (C=O) groups is 1. The van der Waals surface area contributed by atoms with E-state index in [9.17, 15) is 4.79 Å². The van der Waals surface area contributed by atoms with Gasteiger partial charge in [-0.3, -0.25) is 4.79 Å². The lowest BCUT2D eigenvalue weighted by Crippen LogP contribution is -2.19. The number of hydrogen-bond donors (Lipinski definition) is 1. The number of nitrogens with zero attached hydrogens (tertiary/aromatic N) is 1. The van der Waals surface area contributed by atoms with Gasteiger partial charge in [0.15, 0.2) is 5.58 Å². The minimum absolute atomic E-state index is 0.174. The molecule has 0 aliphatic rings. The standard InChI is InChI=1S/C23H20N2O3S/c1-15-12-13-19(27-2)18(14-15)24-22(26)21(16-8-4-3-5-9-16)29-23-25-17-10-6-7-11-20(17)28-23/h3-14,21H,1-2H3,(H,24,26)/t21-/m0/s1. The van der Waals surface area contributed by atoms with Crippen LogP contribution in [0.15, 0.2) is 82.4 Å². The number of ether oxygens (including phenoxy) is 1. The van der Waals surface area contributed by atoms with Gasteiger partial charge < -0.3 is 14.5 Å². The molecule has 3 aromatic carbocycles. The summed E-state index contributed by atoms with van der Waals surface area (Å²) in [5.74, 6) is 0.440. The zero-order valence-electron chi connectivity index (χ0n) is 16.1. The number of methoxy groups -OCH3 is 1. The van der Waals surface area contributed by atoms with Gasteiger partial charge in [0, 0.05) is 0 Å². The molecule has 0 saturated carbocycles. The van der Waals surface area contributed by atoms with Crippen LogP contribution in [0.1, 0.15) is 16.4 Å². The number of nitrogens with one attached hydrogen (secondary N) is 1. The largest absolute Gasteiger partial charge is 0.495 e. The molecule has 1 atom stereocenters. The highest BCUT2D eigenvalue weighted by Crippen LogP contribution is 2.38. The molecule has 1 heterocycles. The van der Waals surface area contributed by atoms with Gasteiger partial charge in [-0.15, -0.1) is 0 Å². The molecule has 1 amide bonds. The Bertz CT molecular complexity index is 1110. The quantitative estimate of drug-likeness (QED) is 0.423. The molecule has 0 fully saturated rings. The minimum Gasteiger partial charge on any atom is -0.495 e. The van der Waals surface area contributed by atoms with Crippen molar-refractivity contribution in [3.8, 4) is 5.75 Å². The Balaban J connectivity index is 1.65. The summed E-state index contributed by atoms with van der Waals surface area (Å²) in [7, 11) is 1.59. The summed E-state index contributed by atoms with van der Waals surface area (Å²) in [6.07, 6.45) is 0. The van der Waals surface area contributed by atoms with Crippen molar-refractivity contribution in [1.29, 1.82) is 0 Å². The van der Waals surface area contributed by atoms with Gasteiger partial charge >= 0.3 is 0 Å². The van der Waals surface area contributed by atoms with Gasteiger partial charge in [-0.2, -0.15) is 0 Å². The number of thioether (sulfide) groups is 1. The van der Waals surface area contributed by atoms with Crippen LogP contribution in [-0.2, 0) is 4.79 Å². The number of fused-ring (bicyclic) bond motifs is 1. The zero-order chi connectivity index (χ0) is 20.2. The summed E-state index contributed by atoms with van der Waals surface area (Å²) < 4.78 is 11.2. The molecular formula is C23H20N2O3S. The van der Waals surface area contributed by atoms with Gasteiger partial charge in [-0.25, -0.2) is 4.98 Å². The lowest BCUT2D eigenvalue weighted by atomic mass is 10.1. The fraction of sp³-hybridized carbons (Fsp3) is 0.130. The van der Waals surface area contributed by atoms with Crippen LogP contribution in [-0.4, -0.2) is 18.0 Å². The van der Waals surface area contributed by atoms with Gasteiger partial charge in [0.1, 0.15) is 16.5 Å². The van der Waals surface area contributed by atoms with E-state index in [1.165, 1.54) is 11.8 Å². The minimum atomic E-state index is -0.533. The first kappa shape index (κ1) is 19.1. The normalized spacial score (nSPS) is 11.9. The topological polar surface area (TPSA) is 64.4 Å². The maximum atomic E-state index is 13.3. The number of anilines is 1. The smallest absolute Gasteiger partial charge is 0.257 e. The summed E-state index contributed by atoms with van der Waals surface area (Å²) >= 11 is 1.28. The van der Waals surface area contributed by atoms with E-state index < -0.39 is 5.25 Å². The van der Waals surface area contributed by atoms with Gasteiger partial charge in [-0.1, -0.05) is 48.5 Å². The lowest BCUT2D eigenvalue weighted by molar-refractivity contribution is -0.115. The highest BCUT2D eigenvalue weighted by atomic mass is 32.2. The van der Waals surface area contributed by atoms with E-state index in [4.69, 9.17) is 9.15 Å². The Morgan fingerprint density at radius 2 is 1.83 bits per heavy atom. The molecule has 0 bridgehead atoms. The first-order valence-corrected chi connectivity index (χ1v) is 10.0. The number of para-hydroxylation sites is 2. The first-order chi connectivity index (χ1) is 14.1. The van der Waals surface area contributed by atoms with Crippen molar-refractivity contribution in [3.05, 3.63) is 83.9 Å². The molecular weight excluding hydrogens is 384 g/mol. The molecule has 4 rings (SSSR count). The summed E-state index contributed by atoms with van der Waals surface area (Å²) in [6.45, 7) is 1.97. The van der Waals surface area contributed by atoms with Crippen molar-refractivity contribution in [2.45, 2.75) is 17.4 Å². The number of benzene rings is 3. The molecule has 0 aliphatic carbocycles. The van der Waals surface area contributed by atoms with Crippen LogP contribution in [0.5, 0.6) is 5.75 Å². The number of aromatic nitrogens is 1. The second-order valence-electron chi connectivity index (χ2n) is 6.55. The number of oxazole rings is 1. The predicted octanol–water partition coefficient (Wildman–Crippen LogP) is 5.62. The molecule has 0 saturated heterocycles. The van der Waals surface area contributed by atoms with Crippen molar-refractivity contribution in [2.75, 3.05) is 12.4 Å². The van der Waals surface area contributed by atoms with Crippen LogP contribution in [0.4, 0.5) is 5.69 Å². The highest BCUT2D eigenvalue weighted by Gasteiger charge is 2.25. The van der Waals surface area contributed by atoms with Crippen LogP contribution in [0.3, 0.4) is 0 Å². The van der Waals surface area contributed by atoms with Crippen molar-refractivity contribution in [2.24, 2.45) is 0 Å². The maximum Gasteiger partial charge on any atom is 0.257 e. The monoisotopic (exact) mass is 404 g/mol. The van der Waals surface area contributed by atoms with Gasteiger partial charge in [0.25, 0.3) is 5.22 Å². The predicted molar refractivity (Wildman–Crippen MR) is 115 cm³/mol.